The topological polar surface area (TPSA) is 113 Å². The van der Waals surface area contributed by atoms with Crippen LogP contribution in [-0.4, -0.2) is 54.4 Å². The Labute approximate surface area is 177 Å². The lowest BCUT2D eigenvalue weighted by molar-refractivity contribution is -0.139. The molecule has 8 nitrogen and oxygen atoms in total. The van der Waals surface area contributed by atoms with Gasteiger partial charge in [-0.25, -0.2) is 8.42 Å². The molecule has 2 heterocycles. The highest BCUT2D eigenvalue weighted by molar-refractivity contribution is 7.91. The minimum Gasteiger partial charge on any atom is -0.339 e. The van der Waals surface area contributed by atoms with Crippen molar-refractivity contribution >= 4 is 27.7 Å². The van der Waals surface area contributed by atoms with Crippen molar-refractivity contribution in [2.24, 2.45) is 5.92 Å². The second-order valence-electron chi connectivity index (χ2n) is 9.07. The van der Waals surface area contributed by atoms with E-state index in [4.69, 9.17) is 0 Å². The molecule has 0 aromatic rings. The van der Waals surface area contributed by atoms with Crippen LogP contribution < -0.4 is 10.0 Å². The molecule has 4 rings (SSSR count). The zero-order valence-electron chi connectivity index (χ0n) is 17.3. The molecule has 2 saturated carbocycles. The first kappa shape index (κ1) is 21.3. The van der Waals surface area contributed by atoms with Gasteiger partial charge in [-0.2, -0.15) is 0 Å². The van der Waals surface area contributed by atoms with E-state index in [1.165, 1.54) is 0 Å². The van der Waals surface area contributed by atoms with Crippen molar-refractivity contribution in [1.29, 1.82) is 0 Å². The van der Waals surface area contributed by atoms with E-state index >= 15 is 0 Å². The molecule has 1 saturated heterocycles. The van der Waals surface area contributed by atoms with E-state index in [-0.39, 0.29) is 17.7 Å². The lowest BCUT2D eigenvalue weighted by atomic mass is 10.1. The van der Waals surface area contributed by atoms with Crippen LogP contribution in [0.3, 0.4) is 0 Å². The minimum absolute atomic E-state index is 0.0113. The standard InChI is InChI=1S/C21H31N3O5S/c25-18-10-6-4-2-1-3-5-8-15-14-21(15,20(27)23-30(28,29)16-11-12-16)22-19(26)17-9-7-13-24(17)18/h5,8,15-17H,1-4,6-7,9-14H2,(H,22,26)(H,23,27)/b8-5-/t15-,17?,21?/m1/s1. The van der Waals surface area contributed by atoms with Crippen molar-refractivity contribution in [2.45, 2.75) is 87.5 Å². The second kappa shape index (κ2) is 8.32. The van der Waals surface area contributed by atoms with Gasteiger partial charge in [-0.1, -0.05) is 25.0 Å². The van der Waals surface area contributed by atoms with Crippen molar-refractivity contribution in [2.75, 3.05) is 6.54 Å². The number of fused-ring (bicyclic) bond motifs is 2. The van der Waals surface area contributed by atoms with Crippen molar-refractivity contribution < 1.29 is 22.8 Å². The third kappa shape index (κ3) is 4.40. The molecule has 2 N–H and O–H groups in total. The Balaban J connectivity index is 1.54. The van der Waals surface area contributed by atoms with Crippen molar-refractivity contribution in [3.05, 3.63) is 12.2 Å². The number of nitrogens with one attached hydrogen (secondary N) is 2. The average molecular weight is 438 g/mol. The smallest absolute Gasteiger partial charge is 0.259 e. The highest BCUT2D eigenvalue weighted by Crippen LogP contribution is 2.46. The predicted octanol–water partition coefficient (Wildman–Crippen LogP) is 1.37. The molecule has 3 amide bonds. The molecule has 0 bridgehead atoms. The molecule has 0 aromatic carbocycles. The van der Waals surface area contributed by atoms with Gasteiger partial charge in [-0.3, -0.25) is 19.1 Å². The van der Waals surface area contributed by atoms with Crippen LogP contribution in [0.4, 0.5) is 0 Å². The van der Waals surface area contributed by atoms with Gasteiger partial charge in [0.25, 0.3) is 5.91 Å². The maximum absolute atomic E-state index is 13.1. The molecule has 0 aromatic heterocycles. The Morgan fingerprint density at radius 2 is 1.87 bits per heavy atom. The van der Waals surface area contributed by atoms with Gasteiger partial charge < -0.3 is 10.2 Å². The molecule has 30 heavy (non-hydrogen) atoms. The first-order valence-electron chi connectivity index (χ1n) is 11.2. The average Bonchev–Trinajstić information content (AvgIpc) is 3.60. The van der Waals surface area contributed by atoms with Crippen LogP contribution in [0.5, 0.6) is 0 Å². The zero-order valence-corrected chi connectivity index (χ0v) is 18.1. The third-order valence-corrected chi connectivity index (χ3v) is 8.54. The summed E-state index contributed by atoms with van der Waals surface area (Å²) < 4.78 is 26.8. The summed E-state index contributed by atoms with van der Waals surface area (Å²) in [4.78, 5) is 40.3. The van der Waals surface area contributed by atoms with Gasteiger partial charge in [0, 0.05) is 18.9 Å². The number of carbonyl (C=O) groups excluding carboxylic acids is 3. The number of allylic oxidation sites excluding steroid dienone is 1. The monoisotopic (exact) mass is 437 g/mol. The maximum atomic E-state index is 13.1. The van der Waals surface area contributed by atoms with Crippen LogP contribution in [0, 0.1) is 5.92 Å². The van der Waals surface area contributed by atoms with Crippen LogP contribution in [0.15, 0.2) is 12.2 Å². The summed E-state index contributed by atoms with van der Waals surface area (Å²) in [5, 5.41) is 2.34. The fraction of sp³-hybridized carbons (Fsp3) is 0.762. The summed E-state index contributed by atoms with van der Waals surface area (Å²) in [5.74, 6) is -1.25. The summed E-state index contributed by atoms with van der Waals surface area (Å²) in [6.07, 6.45) is 11.9. The summed E-state index contributed by atoms with van der Waals surface area (Å²) in [6, 6.07) is -0.586. The van der Waals surface area contributed by atoms with Crippen LogP contribution in [-0.2, 0) is 24.4 Å². The van der Waals surface area contributed by atoms with Gasteiger partial charge in [-0.15, -0.1) is 0 Å². The van der Waals surface area contributed by atoms with E-state index in [1.807, 2.05) is 12.2 Å². The largest absolute Gasteiger partial charge is 0.339 e. The summed E-state index contributed by atoms with van der Waals surface area (Å²) in [7, 11) is -3.70. The molecular weight excluding hydrogens is 406 g/mol. The number of rotatable bonds is 3. The number of nitrogens with zero attached hydrogens (tertiary/aromatic N) is 1. The van der Waals surface area contributed by atoms with E-state index in [0.717, 1.165) is 38.5 Å². The molecule has 2 aliphatic carbocycles. The predicted molar refractivity (Wildman–Crippen MR) is 111 cm³/mol. The minimum atomic E-state index is -3.70. The van der Waals surface area contributed by atoms with Gasteiger partial charge in [0.05, 0.1) is 5.25 Å². The van der Waals surface area contributed by atoms with Gasteiger partial charge in [0.15, 0.2) is 0 Å². The molecule has 166 valence electrons. The number of amides is 3. The van der Waals surface area contributed by atoms with E-state index in [9.17, 15) is 22.8 Å². The van der Waals surface area contributed by atoms with Crippen LogP contribution in [0.1, 0.15) is 70.6 Å². The molecule has 0 spiro atoms. The molecule has 0 radical (unpaired) electrons. The van der Waals surface area contributed by atoms with Gasteiger partial charge in [0.1, 0.15) is 11.6 Å². The van der Waals surface area contributed by atoms with Crippen molar-refractivity contribution in [3.63, 3.8) is 0 Å². The van der Waals surface area contributed by atoms with E-state index in [0.29, 0.717) is 38.6 Å². The van der Waals surface area contributed by atoms with Crippen LogP contribution >= 0.6 is 0 Å². The van der Waals surface area contributed by atoms with E-state index in [2.05, 4.69) is 10.0 Å². The molecule has 2 unspecified atom stereocenters. The number of hydrogen-bond acceptors (Lipinski definition) is 5. The molecule has 3 atom stereocenters. The van der Waals surface area contributed by atoms with Crippen molar-refractivity contribution in [1.82, 2.24) is 14.9 Å². The molecule has 4 aliphatic rings. The molecular formula is C21H31N3O5S. The maximum Gasteiger partial charge on any atom is 0.259 e. The van der Waals surface area contributed by atoms with Gasteiger partial charge in [0.2, 0.25) is 21.8 Å². The van der Waals surface area contributed by atoms with Crippen LogP contribution in [0.25, 0.3) is 0 Å². The quantitative estimate of drug-likeness (QED) is 0.648. The third-order valence-electron chi connectivity index (χ3n) is 6.72. The highest BCUT2D eigenvalue weighted by Gasteiger charge is 2.61. The number of hydrogen-bond donors (Lipinski definition) is 2. The zero-order chi connectivity index (χ0) is 21.4. The first-order chi connectivity index (χ1) is 14.3. The molecule has 3 fully saturated rings. The lowest BCUT2D eigenvalue weighted by Crippen LogP contribution is -2.56. The Bertz CT molecular complexity index is 851. The Hall–Kier alpha value is -1.90. The summed E-state index contributed by atoms with van der Waals surface area (Å²) in [5.41, 5.74) is -1.24. The summed E-state index contributed by atoms with van der Waals surface area (Å²) >= 11 is 0. The Kier molecular flexibility index (Phi) is 5.92. The van der Waals surface area contributed by atoms with Gasteiger partial charge in [-0.05, 0) is 51.4 Å². The normalized spacial score (nSPS) is 34.1. The number of carbonyl (C=O) groups is 3. The molecule has 2 aliphatic heterocycles. The first-order valence-corrected chi connectivity index (χ1v) is 12.7. The van der Waals surface area contributed by atoms with Gasteiger partial charge >= 0.3 is 0 Å². The SMILES string of the molecule is O=C1NC2(C(=O)NS(=O)(=O)C3CC3)C[C@H]2/C=C\CCCCCCC(=O)N2CCCC12. The summed E-state index contributed by atoms with van der Waals surface area (Å²) in [6.45, 7) is 0.551. The van der Waals surface area contributed by atoms with E-state index in [1.54, 1.807) is 4.90 Å². The fourth-order valence-electron chi connectivity index (χ4n) is 4.60. The fourth-order valence-corrected chi connectivity index (χ4v) is 5.96. The number of sulfonamides is 1. The van der Waals surface area contributed by atoms with Crippen molar-refractivity contribution in [3.8, 4) is 0 Å². The lowest BCUT2D eigenvalue weighted by Gasteiger charge is -2.27. The Morgan fingerprint density at radius 3 is 2.63 bits per heavy atom. The van der Waals surface area contributed by atoms with Crippen LogP contribution in [0.2, 0.25) is 0 Å². The Morgan fingerprint density at radius 1 is 1.10 bits per heavy atom. The second-order valence-corrected chi connectivity index (χ2v) is 11.0. The molecule has 9 heteroatoms. The highest BCUT2D eigenvalue weighted by atomic mass is 32.2. The van der Waals surface area contributed by atoms with E-state index < -0.39 is 32.8 Å².